The smallest absolute Gasteiger partial charge is 0.273 e. The van der Waals surface area contributed by atoms with Crippen molar-refractivity contribution in [2.75, 3.05) is 5.32 Å². The minimum atomic E-state index is -0.693. The van der Waals surface area contributed by atoms with Crippen LogP contribution in [0.4, 0.5) is 14.5 Å². The van der Waals surface area contributed by atoms with Crippen LogP contribution in [0.2, 0.25) is 0 Å². The van der Waals surface area contributed by atoms with Crippen LogP contribution >= 0.6 is 22.7 Å². The maximum absolute atomic E-state index is 13.7. The first-order valence-electron chi connectivity index (χ1n) is 6.89. The maximum atomic E-state index is 13.7. The molecule has 0 spiro atoms. The molecule has 1 N–H and O–H groups in total. The largest absolute Gasteiger partial charge is 0.318 e. The van der Waals surface area contributed by atoms with Crippen molar-refractivity contribution < 1.29 is 13.6 Å². The molecule has 0 aliphatic carbocycles. The third-order valence-electron chi connectivity index (χ3n) is 3.39. The fourth-order valence-corrected chi connectivity index (χ4v) is 3.80. The van der Waals surface area contributed by atoms with E-state index in [9.17, 15) is 13.6 Å². The summed E-state index contributed by atoms with van der Waals surface area (Å²) in [6.07, 6.45) is 1.76. The molecule has 3 heterocycles. The molecule has 0 fully saturated rings. The first-order valence-corrected chi connectivity index (χ1v) is 8.64. The van der Waals surface area contributed by atoms with Crippen LogP contribution in [0.25, 0.3) is 15.5 Å². The van der Waals surface area contributed by atoms with Crippen molar-refractivity contribution in [3.05, 3.63) is 64.6 Å². The molecule has 0 saturated carbocycles. The molecule has 0 radical (unpaired) electrons. The number of aromatic nitrogens is 2. The Bertz CT molecular complexity index is 1040. The number of thiazole rings is 1. The van der Waals surface area contributed by atoms with E-state index in [4.69, 9.17) is 0 Å². The van der Waals surface area contributed by atoms with Gasteiger partial charge in [0.15, 0.2) is 4.96 Å². The van der Waals surface area contributed by atoms with Gasteiger partial charge in [0.25, 0.3) is 5.91 Å². The predicted molar refractivity (Wildman–Crippen MR) is 90.7 cm³/mol. The zero-order valence-corrected chi connectivity index (χ0v) is 13.6. The number of benzene rings is 1. The van der Waals surface area contributed by atoms with Gasteiger partial charge < -0.3 is 5.32 Å². The van der Waals surface area contributed by atoms with Gasteiger partial charge in [-0.15, -0.1) is 22.7 Å². The number of nitrogens with zero attached hydrogens (tertiary/aromatic N) is 2. The number of hydrogen-bond donors (Lipinski definition) is 1. The Morgan fingerprint density at radius 3 is 2.88 bits per heavy atom. The van der Waals surface area contributed by atoms with Crippen LogP contribution in [0.5, 0.6) is 0 Å². The lowest BCUT2D eigenvalue weighted by Crippen LogP contribution is -2.15. The standard InChI is InChI=1S/C16H9F2N3OS2/c17-9-3-4-10(18)11(6-9)19-15(22)13-8-24-16-20-12(7-21(13)16)14-2-1-5-23-14/h1-8H,(H,19,22). The van der Waals surface area contributed by atoms with Crippen LogP contribution in [0, 0.1) is 11.6 Å². The molecule has 4 aromatic rings. The van der Waals surface area contributed by atoms with Crippen molar-refractivity contribution in [1.29, 1.82) is 0 Å². The quantitative estimate of drug-likeness (QED) is 0.577. The topological polar surface area (TPSA) is 46.4 Å². The van der Waals surface area contributed by atoms with E-state index in [2.05, 4.69) is 10.3 Å². The summed E-state index contributed by atoms with van der Waals surface area (Å²) in [6.45, 7) is 0. The van der Waals surface area contributed by atoms with Gasteiger partial charge in [0.1, 0.15) is 23.0 Å². The fourth-order valence-electron chi connectivity index (χ4n) is 2.27. The van der Waals surface area contributed by atoms with Crippen molar-refractivity contribution in [2.24, 2.45) is 0 Å². The Morgan fingerprint density at radius 1 is 1.21 bits per heavy atom. The Hall–Kier alpha value is -2.58. The minimum Gasteiger partial charge on any atom is -0.318 e. The van der Waals surface area contributed by atoms with E-state index in [0.29, 0.717) is 10.7 Å². The molecule has 120 valence electrons. The van der Waals surface area contributed by atoms with E-state index in [1.54, 1.807) is 27.3 Å². The average Bonchev–Trinajstić information content (AvgIpc) is 3.25. The lowest BCUT2D eigenvalue weighted by atomic mass is 10.3. The highest BCUT2D eigenvalue weighted by Crippen LogP contribution is 2.27. The van der Waals surface area contributed by atoms with Crippen molar-refractivity contribution in [2.45, 2.75) is 0 Å². The zero-order chi connectivity index (χ0) is 16.7. The number of thiophene rings is 1. The van der Waals surface area contributed by atoms with Crippen LogP contribution in [-0.2, 0) is 0 Å². The highest BCUT2D eigenvalue weighted by Gasteiger charge is 2.17. The number of imidazole rings is 1. The highest BCUT2D eigenvalue weighted by atomic mass is 32.1. The van der Waals surface area contributed by atoms with E-state index in [1.165, 1.54) is 11.3 Å². The minimum absolute atomic E-state index is 0.196. The summed E-state index contributed by atoms with van der Waals surface area (Å²) in [6, 6.07) is 6.78. The molecular weight excluding hydrogens is 352 g/mol. The summed E-state index contributed by atoms with van der Waals surface area (Å²) in [4.78, 5) is 18.5. The van der Waals surface area contributed by atoms with Crippen LogP contribution < -0.4 is 5.32 Å². The first kappa shape index (κ1) is 15.0. The summed E-state index contributed by atoms with van der Waals surface area (Å²) < 4.78 is 28.5. The number of carbonyl (C=O) groups is 1. The normalized spacial score (nSPS) is 11.1. The lowest BCUT2D eigenvalue weighted by molar-refractivity contribution is 0.102. The summed E-state index contributed by atoms with van der Waals surface area (Å²) in [5, 5.41) is 5.98. The number of halogens is 2. The number of hydrogen-bond acceptors (Lipinski definition) is 4. The third-order valence-corrected chi connectivity index (χ3v) is 5.12. The molecule has 1 aromatic carbocycles. The third kappa shape index (κ3) is 2.59. The number of anilines is 1. The molecule has 0 bridgehead atoms. The molecule has 0 atom stereocenters. The molecule has 8 heteroatoms. The second-order valence-electron chi connectivity index (χ2n) is 4.96. The van der Waals surface area contributed by atoms with Crippen molar-refractivity contribution >= 4 is 39.2 Å². The highest BCUT2D eigenvalue weighted by molar-refractivity contribution is 7.15. The van der Waals surface area contributed by atoms with Crippen molar-refractivity contribution in [1.82, 2.24) is 9.38 Å². The van der Waals surface area contributed by atoms with E-state index >= 15 is 0 Å². The summed E-state index contributed by atoms with van der Waals surface area (Å²) in [5.74, 6) is -1.84. The van der Waals surface area contributed by atoms with Crippen molar-refractivity contribution in [3.8, 4) is 10.6 Å². The fraction of sp³-hybridized carbons (Fsp3) is 0. The van der Waals surface area contributed by atoms with Crippen LogP contribution in [0.15, 0.2) is 47.3 Å². The van der Waals surface area contributed by atoms with Crippen LogP contribution in [0.1, 0.15) is 10.5 Å². The van der Waals surface area contributed by atoms with Gasteiger partial charge in [-0.25, -0.2) is 13.8 Å². The van der Waals surface area contributed by atoms with Crippen LogP contribution in [-0.4, -0.2) is 15.3 Å². The molecule has 0 aliphatic rings. The molecular formula is C16H9F2N3OS2. The Balaban J connectivity index is 1.68. The molecule has 24 heavy (non-hydrogen) atoms. The van der Waals surface area contributed by atoms with E-state index in [1.807, 2.05) is 17.5 Å². The summed E-state index contributed by atoms with van der Waals surface area (Å²) in [5.41, 5.74) is 0.884. The Morgan fingerprint density at radius 2 is 2.08 bits per heavy atom. The summed E-state index contributed by atoms with van der Waals surface area (Å²) >= 11 is 2.86. The van der Waals surface area contributed by atoms with Gasteiger partial charge in [0, 0.05) is 17.6 Å². The van der Waals surface area contributed by atoms with Gasteiger partial charge in [-0.1, -0.05) is 6.07 Å². The van der Waals surface area contributed by atoms with Gasteiger partial charge in [0.05, 0.1) is 10.6 Å². The molecule has 0 unspecified atom stereocenters. The van der Waals surface area contributed by atoms with Crippen LogP contribution in [0.3, 0.4) is 0 Å². The monoisotopic (exact) mass is 361 g/mol. The molecule has 4 nitrogen and oxygen atoms in total. The second kappa shape index (κ2) is 5.81. The number of nitrogens with one attached hydrogen (secondary N) is 1. The number of fused-ring (bicyclic) bond motifs is 1. The molecule has 1 amide bonds. The molecule has 3 aromatic heterocycles. The average molecular weight is 361 g/mol. The maximum Gasteiger partial charge on any atom is 0.273 e. The van der Waals surface area contributed by atoms with Gasteiger partial charge in [-0.3, -0.25) is 9.20 Å². The van der Waals surface area contributed by atoms with Gasteiger partial charge in [-0.2, -0.15) is 0 Å². The van der Waals surface area contributed by atoms with Crippen molar-refractivity contribution in [3.63, 3.8) is 0 Å². The Kier molecular flexibility index (Phi) is 3.62. The summed E-state index contributed by atoms with van der Waals surface area (Å²) in [7, 11) is 0. The van der Waals surface area contributed by atoms with E-state index < -0.39 is 17.5 Å². The molecule has 4 rings (SSSR count). The van der Waals surface area contributed by atoms with Gasteiger partial charge in [-0.05, 0) is 23.6 Å². The van der Waals surface area contributed by atoms with Gasteiger partial charge in [0.2, 0.25) is 0 Å². The second-order valence-corrected chi connectivity index (χ2v) is 6.74. The van der Waals surface area contributed by atoms with E-state index in [0.717, 1.165) is 28.8 Å². The van der Waals surface area contributed by atoms with Gasteiger partial charge >= 0.3 is 0 Å². The number of amides is 1. The zero-order valence-electron chi connectivity index (χ0n) is 12.0. The lowest BCUT2D eigenvalue weighted by Gasteiger charge is -2.05. The first-order chi connectivity index (χ1) is 11.6. The number of carbonyl (C=O) groups excluding carboxylic acids is 1. The van der Waals surface area contributed by atoms with E-state index in [-0.39, 0.29) is 5.69 Å². The predicted octanol–water partition coefficient (Wildman–Crippen LogP) is 4.65. The molecule has 0 aliphatic heterocycles. The Labute approximate surface area is 143 Å². The SMILES string of the molecule is O=C(Nc1cc(F)ccc1F)c1csc2nc(-c3cccs3)cn12. The number of rotatable bonds is 3. The molecule has 0 saturated heterocycles.